The molecule has 1 unspecified atom stereocenters. The number of carbonyl (C=O) groups is 1. The van der Waals surface area contributed by atoms with E-state index in [1.807, 2.05) is 20.8 Å². The zero-order valence-corrected chi connectivity index (χ0v) is 17.3. The molecule has 0 aliphatic rings. The molecule has 1 rings (SSSR count). The summed E-state index contributed by atoms with van der Waals surface area (Å²) < 4.78 is 28.4. The normalized spacial score (nSPS) is 13.8. The van der Waals surface area contributed by atoms with Crippen molar-refractivity contribution in [2.24, 2.45) is 11.0 Å². The molecule has 0 bridgehead atoms. The van der Waals surface area contributed by atoms with E-state index in [0.29, 0.717) is 12.8 Å². The van der Waals surface area contributed by atoms with Crippen LogP contribution in [-0.4, -0.2) is 26.1 Å². The first-order valence-electron chi connectivity index (χ1n) is 7.76. The van der Waals surface area contributed by atoms with Crippen molar-refractivity contribution < 1.29 is 13.2 Å². The van der Waals surface area contributed by atoms with Crippen molar-refractivity contribution in [2.45, 2.75) is 51.5 Å². The summed E-state index contributed by atoms with van der Waals surface area (Å²) in [6, 6.07) is 5.59. The van der Waals surface area contributed by atoms with E-state index < -0.39 is 22.0 Å². The Morgan fingerprint density at radius 3 is 2.33 bits per heavy atom. The van der Waals surface area contributed by atoms with Crippen LogP contribution in [0.4, 0.5) is 0 Å². The molecule has 0 fully saturated rings. The third-order valence-electron chi connectivity index (χ3n) is 3.31. The number of nitrogens with zero attached hydrogens (tertiary/aromatic N) is 1. The van der Waals surface area contributed by atoms with E-state index >= 15 is 0 Å². The highest BCUT2D eigenvalue weighted by atomic mass is 127. The third-order valence-corrected chi connectivity index (χ3v) is 5.52. The summed E-state index contributed by atoms with van der Waals surface area (Å²) in [5.74, 6) is -0.304. The first-order chi connectivity index (χ1) is 11.2. The standard InChI is InChI=1S/C16H24IN3O3S/c1-5-12(4)18-19-16(21)15(10-11(2)3)20-24(22,23)14-8-6-13(17)7-9-14/h6-9,11,15,20H,5,10H2,1-4H3,(H,19,21)/b18-12+. The van der Waals surface area contributed by atoms with Crippen LogP contribution in [-0.2, 0) is 14.8 Å². The summed E-state index contributed by atoms with van der Waals surface area (Å²) in [6.07, 6.45) is 1.10. The van der Waals surface area contributed by atoms with E-state index in [1.165, 1.54) is 12.1 Å². The van der Waals surface area contributed by atoms with Crippen LogP contribution in [0.5, 0.6) is 0 Å². The molecular weight excluding hydrogens is 441 g/mol. The lowest BCUT2D eigenvalue weighted by atomic mass is 10.0. The van der Waals surface area contributed by atoms with Crippen LogP contribution >= 0.6 is 22.6 Å². The minimum atomic E-state index is -3.77. The van der Waals surface area contributed by atoms with Crippen LogP contribution in [0.15, 0.2) is 34.3 Å². The molecule has 0 spiro atoms. The Balaban J connectivity index is 2.96. The maximum Gasteiger partial charge on any atom is 0.258 e. The summed E-state index contributed by atoms with van der Waals surface area (Å²) in [7, 11) is -3.77. The maximum atomic E-state index is 12.5. The van der Waals surface area contributed by atoms with Gasteiger partial charge < -0.3 is 0 Å². The number of halogens is 1. The molecule has 0 aliphatic heterocycles. The highest BCUT2D eigenvalue weighted by Gasteiger charge is 2.26. The molecule has 0 saturated heterocycles. The highest BCUT2D eigenvalue weighted by Crippen LogP contribution is 2.14. The van der Waals surface area contributed by atoms with Crippen molar-refractivity contribution in [3.63, 3.8) is 0 Å². The second-order valence-electron chi connectivity index (χ2n) is 5.93. The van der Waals surface area contributed by atoms with Gasteiger partial charge in [0, 0.05) is 9.28 Å². The summed E-state index contributed by atoms with van der Waals surface area (Å²) in [6.45, 7) is 7.59. The van der Waals surface area contributed by atoms with Crippen LogP contribution in [0.1, 0.15) is 40.5 Å². The lowest BCUT2D eigenvalue weighted by Gasteiger charge is -2.19. The monoisotopic (exact) mass is 465 g/mol. The molecule has 0 aromatic heterocycles. The molecule has 6 nitrogen and oxygen atoms in total. The lowest BCUT2D eigenvalue weighted by Crippen LogP contribution is -2.46. The summed E-state index contributed by atoms with van der Waals surface area (Å²) >= 11 is 2.10. The van der Waals surface area contributed by atoms with E-state index in [4.69, 9.17) is 0 Å². The number of rotatable bonds is 8. The second-order valence-corrected chi connectivity index (χ2v) is 8.89. The van der Waals surface area contributed by atoms with Gasteiger partial charge in [-0.15, -0.1) is 0 Å². The number of hydrazone groups is 1. The van der Waals surface area contributed by atoms with Gasteiger partial charge >= 0.3 is 0 Å². The van der Waals surface area contributed by atoms with Crippen molar-refractivity contribution >= 4 is 44.2 Å². The SMILES string of the molecule is CC/C(C)=N/NC(=O)C(CC(C)C)NS(=O)(=O)c1ccc(I)cc1. The Bertz CT molecular complexity index is 685. The molecule has 0 aliphatic carbocycles. The fourth-order valence-corrected chi connectivity index (χ4v) is 3.42. The Labute approximate surface area is 157 Å². The molecule has 1 amide bonds. The van der Waals surface area contributed by atoms with Crippen molar-refractivity contribution in [1.82, 2.24) is 10.1 Å². The largest absolute Gasteiger partial charge is 0.271 e. The zero-order chi connectivity index (χ0) is 18.3. The molecule has 0 radical (unpaired) electrons. The molecule has 1 aromatic carbocycles. The van der Waals surface area contributed by atoms with Gasteiger partial charge in [0.15, 0.2) is 0 Å². The third kappa shape index (κ3) is 6.86. The van der Waals surface area contributed by atoms with E-state index in [-0.39, 0.29) is 10.8 Å². The summed E-state index contributed by atoms with van der Waals surface area (Å²) in [5.41, 5.74) is 3.21. The van der Waals surface area contributed by atoms with Crippen molar-refractivity contribution in [2.75, 3.05) is 0 Å². The average molecular weight is 465 g/mol. The van der Waals surface area contributed by atoms with Gasteiger partial charge in [0.05, 0.1) is 4.90 Å². The topological polar surface area (TPSA) is 87.6 Å². The number of amides is 1. The zero-order valence-electron chi connectivity index (χ0n) is 14.3. The van der Waals surface area contributed by atoms with Crippen LogP contribution < -0.4 is 10.1 Å². The first kappa shape index (κ1) is 21.0. The number of benzene rings is 1. The van der Waals surface area contributed by atoms with Gasteiger partial charge in [-0.2, -0.15) is 9.82 Å². The van der Waals surface area contributed by atoms with Crippen LogP contribution in [0, 0.1) is 9.49 Å². The molecule has 0 saturated carbocycles. The molecule has 8 heteroatoms. The molecule has 0 heterocycles. The van der Waals surface area contributed by atoms with Gasteiger partial charge in [-0.25, -0.2) is 13.8 Å². The van der Waals surface area contributed by atoms with E-state index in [1.54, 1.807) is 19.1 Å². The lowest BCUT2D eigenvalue weighted by molar-refractivity contribution is -0.123. The van der Waals surface area contributed by atoms with E-state index in [0.717, 1.165) is 9.28 Å². The predicted molar refractivity (Wildman–Crippen MR) is 104 cm³/mol. The molecule has 134 valence electrons. The van der Waals surface area contributed by atoms with Crippen molar-refractivity contribution in [1.29, 1.82) is 0 Å². The number of hydrogen-bond acceptors (Lipinski definition) is 4. The number of hydrogen-bond donors (Lipinski definition) is 2. The fourth-order valence-electron chi connectivity index (χ4n) is 1.86. The fraction of sp³-hybridized carbons (Fsp3) is 0.500. The maximum absolute atomic E-state index is 12.5. The second kappa shape index (κ2) is 9.47. The van der Waals surface area contributed by atoms with Crippen LogP contribution in [0.2, 0.25) is 0 Å². The average Bonchev–Trinajstić information content (AvgIpc) is 2.51. The predicted octanol–water partition coefficient (Wildman–Crippen LogP) is 2.89. The molecule has 24 heavy (non-hydrogen) atoms. The molecular formula is C16H24IN3O3S. The molecule has 2 N–H and O–H groups in total. The Kier molecular flexibility index (Phi) is 8.31. The molecule has 1 aromatic rings. The number of sulfonamides is 1. The van der Waals surface area contributed by atoms with Gasteiger partial charge in [0.2, 0.25) is 10.0 Å². The minimum absolute atomic E-state index is 0.137. The van der Waals surface area contributed by atoms with Crippen LogP contribution in [0.25, 0.3) is 0 Å². The summed E-state index contributed by atoms with van der Waals surface area (Å²) in [4.78, 5) is 12.5. The summed E-state index contributed by atoms with van der Waals surface area (Å²) in [5, 5.41) is 3.97. The van der Waals surface area contributed by atoms with Crippen LogP contribution in [0.3, 0.4) is 0 Å². The number of nitrogens with one attached hydrogen (secondary N) is 2. The van der Waals surface area contributed by atoms with Gasteiger partial charge in [0.1, 0.15) is 6.04 Å². The molecule has 1 atom stereocenters. The van der Waals surface area contributed by atoms with Crippen molar-refractivity contribution in [3.8, 4) is 0 Å². The van der Waals surface area contributed by atoms with Gasteiger partial charge in [0.25, 0.3) is 5.91 Å². The quantitative estimate of drug-likeness (QED) is 0.352. The Hall–Kier alpha value is -1.000. The number of carbonyl (C=O) groups excluding carboxylic acids is 1. The first-order valence-corrected chi connectivity index (χ1v) is 10.3. The Morgan fingerprint density at radius 2 is 1.83 bits per heavy atom. The van der Waals surface area contributed by atoms with E-state index in [2.05, 4.69) is 37.8 Å². The van der Waals surface area contributed by atoms with Crippen molar-refractivity contribution in [3.05, 3.63) is 27.8 Å². The Morgan fingerprint density at radius 1 is 1.25 bits per heavy atom. The van der Waals surface area contributed by atoms with E-state index in [9.17, 15) is 13.2 Å². The van der Waals surface area contributed by atoms with Gasteiger partial charge in [-0.05, 0) is 72.5 Å². The van der Waals surface area contributed by atoms with Gasteiger partial charge in [-0.3, -0.25) is 4.79 Å². The smallest absolute Gasteiger partial charge is 0.258 e. The van der Waals surface area contributed by atoms with Gasteiger partial charge in [-0.1, -0.05) is 20.8 Å². The minimum Gasteiger partial charge on any atom is -0.271 e. The highest BCUT2D eigenvalue weighted by molar-refractivity contribution is 14.1.